The summed E-state index contributed by atoms with van der Waals surface area (Å²) in [6, 6.07) is 8.08. The SMILES string of the molecule is O=C(O)C=Cc1ccn(S(=O)(=O)c2ccc(CBr)cc2)c1. The fraction of sp³-hybridized carbons (Fsp3) is 0.0714. The number of alkyl halides is 1. The summed E-state index contributed by atoms with van der Waals surface area (Å²) < 4.78 is 25.9. The molecule has 2 aromatic rings. The van der Waals surface area contributed by atoms with E-state index in [1.807, 2.05) is 0 Å². The van der Waals surface area contributed by atoms with Gasteiger partial charge in [-0.15, -0.1) is 0 Å². The molecule has 0 saturated heterocycles. The molecule has 0 atom stereocenters. The molecule has 2 rings (SSSR count). The molecule has 0 fully saturated rings. The lowest BCUT2D eigenvalue weighted by molar-refractivity contribution is -0.131. The highest BCUT2D eigenvalue weighted by atomic mass is 79.9. The lowest BCUT2D eigenvalue weighted by Gasteiger charge is -2.06. The van der Waals surface area contributed by atoms with Crippen LogP contribution in [0, 0.1) is 0 Å². The first-order chi connectivity index (χ1) is 9.93. The Morgan fingerprint density at radius 2 is 1.90 bits per heavy atom. The third kappa shape index (κ3) is 3.62. The molecule has 0 aliphatic heterocycles. The van der Waals surface area contributed by atoms with Crippen molar-refractivity contribution in [2.24, 2.45) is 0 Å². The van der Waals surface area contributed by atoms with E-state index in [-0.39, 0.29) is 4.90 Å². The van der Waals surface area contributed by atoms with Crippen LogP contribution < -0.4 is 0 Å². The van der Waals surface area contributed by atoms with Crippen molar-refractivity contribution in [1.82, 2.24) is 3.97 Å². The summed E-state index contributed by atoms with van der Waals surface area (Å²) in [4.78, 5) is 10.6. The molecule has 1 heterocycles. The van der Waals surface area contributed by atoms with E-state index in [0.717, 1.165) is 15.6 Å². The zero-order valence-corrected chi connectivity index (χ0v) is 13.2. The lowest BCUT2D eigenvalue weighted by atomic mass is 10.2. The average molecular weight is 370 g/mol. The molecule has 0 unspecified atom stereocenters. The Morgan fingerprint density at radius 1 is 1.24 bits per heavy atom. The number of aliphatic carboxylic acids is 1. The summed E-state index contributed by atoms with van der Waals surface area (Å²) in [5.41, 5.74) is 1.48. The lowest BCUT2D eigenvalue weighted by Crippen LogP contribution is -2.10. The topological polar surface area (TPSA) is 76.4 Å². The van der Waals surface area contributed by atoms with Gasteiger partial charge in [0.15, 0.2) is 0 Å². The zero-order chi connectivity index (χ0) is 15.5. The summed E-state index contributed by atoms with van der Waals surface area (Å²) in [7, 11) is -3.66. The van der Waals surface area contributed by atoms with Crippen molar-refractivity contribution in [2.75, 3.05) is 0 Å². The number of aromatic nitrogens is 1. The minimum Gasteiger partial charge on any atom is -0.478 e. The normalized spacial score (nSPS) is 11.9. The maximum Gasteiger partial charge on any atom is 0.328 e. The fourth-order valence-corrected chi connectivity index (χ4v) is 3.26. The van der Waals surface area contributed by atoms with Crippen LogP contribution in [-0.4, -0.2) is 23.5 Å². The van der Waals surface area contributed by atoms with Gasteiger partial charge in [-0.05, 0) is 35.4 Å². The number of carbonyl (C=O) groups is 1. The van der Waals surface area contributed by atoms with Crippen LogP contribution in [0.5, 0.6) is 0 Å². The number of halogens is 1. The molecule has 110 valence electrons. The number of carboxylic acid groups (broad SMARTS) is 1. The molecule has 1 aromatic heterocycles. The first kappa shape index (κ1) is 15.5. The van der Waals surface area contributed by atoms with Gasteiger partial charge in [-0.3, -0.25) is 0 Å². The minimum absolute atomic E-state index is 0.177. The quantitative estimate of drug-likeness (QED) is 0.649. The standard InChI is InChI=1S/C14H12BrNO4S/c15-9-11-1-4-13(5-2-11)21(19,20)16-8-7-12(10-16)3-6-14(17)18/h1-8,10H,9H2,(H,17,18). The van der Waals surface area contributed by atoms with Crippen LogP contribution in [0.15, 0.2) is 53.7 Å². The second kappa shape index (κ2) is 6.28. The molecule has 0 radical (unpaired) electrons. The largest absolute Gasteiger partial charge is 0.478 e. The number of rotatable bonds is 5. The predicted molar refractivity (Wildman–Crippen MR) is 82.8 cm³/mol. The maximum absolute atomic E-state index is 12.4. The van der Waals surface area contributed by atoms with Crippen LogP contribution in [0.2, 0.25) is 0 Å². The van der Waals surface area contributed by atoms with E-state index in [9.17, 15) is 13.2 Å². The number of nitrogens with zero attached hydrogens (tertiary/aromatic N) is 1. The molecule has 0 aliphatic carbocycles. The van der Waals surface area contributed by atoms with Crippen LogP contribution in [0.3, 0.4) is 0 Å². The summed E-state index contributed by atoms with van der Waals surface area (Å²) in [5.74, 6) is -1.09. The number of benzene rings is 1. The Kier molecular flexibility index (Phi) is 4.64. The summed E-state index contributed by atoms with van der Waals surface area (Å²) >= 11 is 3.30. The van der Waals surface area contributed by atoms with Crippen molar-refractivity contribution in [3.8, 4) is 0 Å². The molecule has 21 heavy (non-hydrogen) atoms. The highest BCUT2D eigenvalue weighted by Crippen LogP contribution is 2.17. The smallest absolute Gasteiger partial charge is 0.328 e. The Hall–Kier alpha value is -1.86. The highest BCUT2D eigenvalue weighted by molar-refractivity contribution is 9.08. The van der Waals surface area contributed by atoms with E-state index in [0.29, 0.717) is 10.9 Å². The van der Waals surface area contributed by atoms with Gasteiger partial charge in [-0.1, -0.05) is 28.1 Å². The first-order valence-electron chi connectivity index (χ1n) is 5.93. The second-order valence-electron chi connectivity index (χ2n) is 4.23. The molecule has 5 nitrogen and oxygen atoms in total. The first-order valence-corrected chi connectivity index (χ1v) is 8.49. The summed E-state index contributed by atoms with van der Waals surface area (Å²) in [5, 5.41) is 9.21. The highest BCUT2D eigenvalue weighted by Gasteiger charge is 2.16. The van der Waals surface area contributed by atoms with E-state index in [2.05, 4.69) is 15.9 Å². The van der Waals surface area contributed by atoms with Crippen LogP contribution >= 0.6 is 15.9 Å². The Morgan fingerprint density at radius 3 is 2.48 bits per heavy atom. The number of carboxylic acids is 1. The van der Waals surface area contributed by atoms with Gasteiger partial charge in [-0.2, -0.15) is 0 Å². The molecule has 1 N–H and O–H groups in total. The Labute approximate surface area is 130 Å². The third-order valence-corrected chi connectivity index (χ3v) is 5.06. The molecular formula is C14H12BrNO4S. The number of hydrogen-bond acceptors (Lipinski definition) is 3. The van der Waals surface area contributed by atoms with Gasteiger partial charge in [0.1, 0.15) is 0 Å². The Balaban J connectivity index is 2.33. The van der Waals surface area contributed by atoms with Gasteiger partial charge in [-0.25, -0.2) is 17.2 Å². The van der Waals surface area contributed by atoms with Crippen LogP contribution in [0.4, 0.5) is 0 Å². The predicted octanol–water partition coefficient (Wildman–Crippen LogP) is 2.72. The van der Waals surface area contributed by atoms with Crippen molar-refractivity contribution in [3.63, 3.8) is 0 Å². The van der Waals surface area contributed by atoms with E-state index in [4.69, 9.17) is 5.11 Å². The maximum atomic E-state index is 12.4. The van der Waals surface area contributed by atoms with Crippen LogP contribution in [0.1, 0.15) is 11.1 Å². The fourth-order valence-electron chi connectivity index (χ4n) is 1.68. The van der Waals surface area contributed by atoms with E-state index in [1.54, 1.807) is 24.3 Å². The molecule has 0 saturated carbocycles. The van der Waals surface area contributed by atoms with Gasteiger partial charge in [0.2, 0.25) is 0 Å². The van der Waals surface area contributed by atoms with Crippen molar-refractivity contribution in [1.29, 1.82) is 0 Å². The minimum atomic E-state index is -3.66. The van der Waals surface area contributed by atoms with Crippen LogP contribution in [-0.2, 0) is 20.1 Å². The van der Waals surface area contributed by atoms with Gasteiger partial charge in [0.25, 0.3) is 10.0 Å². The molecule has 7 heteroatoms. The molecular weight excluding hydrogens is 358 g/mol. The monoisotopic (exact) mass is 369 g/mol. The number of hydrogen-bond donors (Lipinski definition) is 1. The van der Waals surface area contributed by atoms with Gasteiger partial charge < -0.3 is 5.11 Å². The third-order valence-electron chi connectivity index (χ3n) is 2.76. The van der Waals surface area contributed by atoms with E-state index in [1.165, 1.54) is 24.5 Å². The second-order valence-corrected chi connectivity index (χ2v) is 6.63. The summed E-state index contributed by atoms with van der Waals surface area (Å²) in [6.45, 7) is 0. The Bertz CT molecular complexity index is 776. The molecule has 0 bridgehead atoms. The molecule has 0 aliphatic rings. The van der Waals surface area contributed by atoms with Crippen molar-refractivity contribution < 1.29 is 18.3 Å². The molecule has 0 amide bonds. The molecule has 0 spiro atoms. The van der Waals surface area contributed by atoms with Gasteiger partial charge in [0, 0.05) is 23.8 Å². The van der Waals surface area contributed by atoms with Crippen LogP contribution in [0.25, 0.3) is 6.08 Å². The zero-order valence-electron chi connectivity index (χ0n) is 10.8. The van der Waals surface area contributed by atoms with Crippen molar-refractivity contribution in [2.45, 2.75) is 10.2 Å². The summed E-state index contributed by atoms with van der Waals surface area (Å²) in [6.07, 6.45) is 5.04. The van der Waals surface area contributed by atoms with E-state index < -0.39 is 16.0 Å². The average Bonchev–Trinajstić information content (AvgIpc) is 2.95. The van der Waals surface area contributed by atoms with E-state index >= 15 is 0 Å². The van der Waals surface area contributed by atoms with Gasteiger partial charge in [0.05, 0.1) is 4.90 Å². The van der Waals surface area contributed by atoms with Crippen molar-refractivity contribution >= 4 is 38.0 Å². The molecule has 1 aromatic carbocycles. The van der Waals surface area contributed by atoms with Gasteiger partial charge >= 0.3 is 5.97 Å². The van der Waals surface area contributed by atoms with Crippen molar-refractivity contribution in [3.05, 3.63) is 59.9 Å².